The van der Waals surface area contributed by atoms with Crippen LogP contribution in [0.3, 0.4) is 0 Å². The molecule has 0 unspecified atom stereocenters. The lowest BCUT2D eigenvalue weighted by atomic mass is 10.1. The number of unbranched alkanes of at least 4 members (excludes halogenated alkanes) is 4. The van der Waals surface area contributed by atoms with Crippen molar-refractivity contribution in [3.05, 3.63) is 35.4 Å². The van der Waals surface area contributed by atoms with E-state index in [-0.39, 0.29) is 13.2 Å². The van der Waals surface area contributed by atoms with Gasteiger partial charge in [-0.15, -0.1) is 0 Å². The highest BCUT2D eigenvalue weighted by atomic mass is 16.3. The maximum atomic E-state index is 8.70. The quantitative estimate of drug-likeness (QED) is 0.616. The Morgan fingerprint density at radius 2 is 1.15 bits per heavy atom. The molecule has 0 aromatic heterocycles. The van der Waals surface area contributed by atoms with Crippen LogP contribution in [0.4, 0.5) is 0 Å². The minimum absolute atomic E-state index is 0.234. The highest BCUT2D eigenvalue weighted by Gasteiger charge is 1.94. The summed E-state index contributed by atoms with van der Waals surface area (Å²) in [4.78, 5) is 0. The fourth-order valence-electron chi connectivity index (χ4n) is 1.67. The summed E-state index contributed by atoms with van der Waals surface area (Å²) in [5.74, 6) is 12.6. The van der Waals surface area contributed by atoms with Crippen LogP contribution in [0.1, 0.15) is 49.7 Å². The predicted molar refractivity (Wildman–Crippen MR) is 82.1 cm³/mol. The molecule has 0 amide bonds. The van der Waals surface area contributed by atoms with Crippen molar-refractivity contribution in [1.82, 2.24) is 0 Å². The fourth-order valence-corrected chi connectivity index (χ4v) is 1.67. The molecule has 20 heavy (non-hydrogen) atoms. The summed E-state index contributed by atoms with van der Waals surface area (Å²) in [5.41, 5.74) is 1.93. The Labute approximate surface area is 121 Å². The number of hydrogen-bond donors (Lipinski definition) is 2. The molecule has 0 atom stereocenters. The van der Waals surface area contributed by atoms with Crippen LogP contribution >= 0.6 is 0 Å². The van der Waals surface area contributed by atoms with Gasteiger partial charge in [0, 0.05) is 37.2 Å². The molecule has 0 spiro atoms. The Kier molecular flexibility index (Phi) is 9.07. The molecule has 0 saturated carbocycles. The molecule has 0 aliphatic heterocycles. The number of rotatable bonds is 6. The number of hydrogen-bond acceptors (Lipinski definition) is 2. The summed E-state index contributed by atoms with van der Waals surface area (Å²) in [6, 6.07) is 7.90. The first-order valence-corrected chi connectivity index (χ1v) is 7.17. The van der Waals surface area contributed by atoms with E-state index in [2.05, 4.69) is 23.7 Å². The van der Waals surface area contributed by atoms with E-state index < -0.39 is 0 Å². The Morgan fingerprint density at radius 1 is 0.700 bits per heavy atom. The van der Waals surface area contributed by atoms with Gasteiger partial charge >= 0.3 is 0 Å². The van der Waals surface area contributed by atoms with Crippen molar-refractivity contribution in [1.29, 1.82) is 0 Å². The molecule has 2 heteroatoms. The molecular weight excluding hydrogens is 248 g/mol. The first-order chi connectivity index (χ1) is 9.88. The molecule has 2 nitrogen and oxygen atoms in total. The van der Waals surface area contributed by atoms with Gasteiger partial charge in [-0.05, 0) is 37.8 Å². The minimum atomic E-state index is 0.234. The van der Waals surface area contributed by atoms with Gasteiger partial charge in [0.25, 0.3) is 0 Å². The molecule has 2 N–H and O–H groups in total. The van der Waals surface area contributed by atoms with Crippen LogP contribution in [0.5, 0.6) is 0 Å². The van der Waals surface area contributed by atoms with Crippen molar-refractivity contribution >= 4 is 0 Å². The molecule has 1 aromatic carbocycles. The van der Waals surface area contributed by atoms with E-state index in [1.807, 2.05) is 24.3 Å². The van der Waals surface area contributed by atoms with Gasteiger partial charge in [-0.2, -0.15) is 0 Å². The highest BCUT2D eigenvalue weighted by Crippen LogP contribution is 2.06. The molecule has 0 aliphatic carbocycles. The Balaban J connectivity index is 2.58. The molecule has 0 heterocycles. The second-order valence-corrected chi connectivity index (χ2v) is 4.51. The third-order valence-corrected chi connectivity index (χ3v) is 2.79. The van der Waals surface area contributed by atoms with Crippen LogP contribution in [0.15, 0.2) is 24.3 Å². The number of aliphatic hydroxyl groups is 2. The zero-order valence-corrected chi connectivity index (χ0v) is 11.9. The van der Waals surface area contributed by atoms with Crippen molar-refractivity contribution in [2.24, 2.45) is 0 Å². The Morgan fingerprint density at radius 3 is 1.55 bits per heavy atom. The largest absolute Gasteiger partial charge is 0.396 e. The molecule has 0 fully saturated rings. The number of aliphatic hydroxyl groups excluding tert-OH is 2. The Hall–Kier alpha value is -1.74. The van der Waals surface area contributed by atoms with Crippen molar-refractivity contribution in [3.8, 4) is 23.7 Å². The summed E-state index contributed by atoms with van der Waals surface area (Å²) < 4.78 is 0. The molecular formula is C18H22O2. The molecule has 1 rings (SSSR count). The van der Waals surface area contributed by atoms with Crippen LogP contribution < -0.4 is 0 Å². The van der Waals surface area contributed by atoms with E-state index in [1.54, 1.807) is 0 Å². The summed E-state index contributed by atoms with van der Waals surface area (Å²) in [7, 11) is 0. The molecule has 0 bridgehead atoms. The predicted octanol–water partition coefficient (Wildman–Crippen LogP) is 2.71. The van der Waals surface area contributed by atoms with Crippen molar-refractivity contribution in [3.63, 3.8) is 0 Å². The zero-order chi connectivity index (χ0) is 14.5. The lowest BCUT2D eigenvalue weighted by Gasteiger charge is -1.95. The van der Waals surface area contributed by atoms with Gasteiger partial charge < -0.3 is 10.2 Å². The first kappa shape index (κ1) is 16.3. The normalized spacial score (nSPS) is 9.30. The maximum absolute atomic E-state index is 8.70. The van der Waals surface area contributed by atoms with E-state index in [4.69, 9.17) is 10.2 Å². The first-order valence-electron chi connectivity index (χ1n) is 7.17. The van der Waals surface area contributed by atoms with Gasteiger partial charge in [0.2, 0.25) is 0 Å². The summed E-state index contributed by atoms with van der Waals surface area (Å²) >= 11 is 0. The van der Waals surface area contributed by atoms with Gasteiger partial charge in [-0.3, -0.25) is 0 Å². The monoisotopic (exact) mass is 270 g/mol. The maximum Gasteiger partial charge on any atom is 0.0431 e. The van der Waals surface area contributed by atoms with Crippen molar-refractivity contribution < 1.29 is 10.2 Å². The summed E-state index contributed by atoms with van der Waals surface area (Å²) in [6.45, 7) is 0.467. The third kappa shape index (κ3) is 7.00. The van der Waals surface area contributed by atoms with Crippen LogP contribution in [0, 0.1) is 23.7 Å². The van der Waals surface area contributed by atoms with E-state index in [1.165, 1.54) is 0 Å². The van der Waals surface area contributed by atoms with Crippen LogP contribution in [0.25, 0.3) is 0 Å². The smallest absolute Gasteiger partial charge is 0.0431 e. The standard InChI is InChI=1S/C18H22O2/c19-15-9-3-1-5-11-17-13-7-8-14-18(17)12-6-2-4-10-16-20/h7-8,13-14,19-20H,1-4,9-10,15-16H2. The van der Waals surface area contributed by atoms with Gasteiger partial charge in [-0.25, -0.2) is 0 Å². The SMILES string of the molecule is OCCCCC#Cc1ccccc1C#CCCCCO. The van der Waals surface area contributed by atoms with Crippen LogP contribution in [-0.2, 0) is 0 Å². The minimum Gasteiger partial charge on any atom is -0.396 e. The average Bonchev–Trinajstić information content (AvgIpc) is 2.48. The molecule has 0 radical (unpaired) electrons. The van der Waals surface area contributed by atoms with Gasteiger partial charge in [0.15, 0.2) is 0 Å². The lowest BCUT2D eigenvalue weighted by Crippen LogP contribution is -1.84. The average molecular weight is 270 g/mol. The zero-order valence-electron chi connectivity index (χ0n) is 11.9. The van der Waals surface area contributed by atoms with E-state index in [9.17, 15) is 0 Å². The molecule has 0 aliphatic rings. The highest BCUT2D eigenvalue weighted by molar-refractivity contribution is 5.49. The van der Waals surface area contributed by atoms with Crippen LogP contribution in [-0.4, -0.2) is 23.4 Å². The molecule has 0 saturated heterocycles. The topological polar surface area (TPSA) is 40.5 Å². The van der Waals surface area contributed by atoms with Gasteiger partial charge in [0.05, 0.1) is 0 Å². The Bertz CT molecular complexity index is 450. The van der Waals surface area contributed by atoms with Crippen LogP contribution in [0.2, 0.25) is 0 Å². The van der Waals surface area contributed by atoms with E-state index in [0.717, 1.165) is 49.7 Å². The number of benzene rings is 1. The van der Waals surface area contributed by atoms with Crippen molar-refractivity contribution in [2.45, 2.75) is 38.5 Å². The van der Waals surface area contributed by atoms with Gasteiger partial charge in [-0.1, -0.05) is 35.8 Å². The molecule has 1 aromatic rings. The molecule has 106 valence electrons. The van der Waals surface area contributed by atoms with E-state index >= 15 is 0 Å². The van der Waals surface area contributed by atoms with E-state index in [0.29, 0.717) is 0 Å². The summed E-state index contributed by atoms with van der Waals surface area (Å²) in [5, 5.41) is 17.4. The van der Waals surface area contributed by atoms with Crippen molar-refractivity contribution in [2.75, 3.05) is 13.2 Å². The lowest BCUT2D eigenvalue weighted by molar-refractivity contribution is 0.285. The third-order valence-electron chi connectivity index (χ3n) is 2.79. The van der Waals surface area contributed by atoms with Gasteiger partial charge in [0.1, 0.15) is 0 Å². The second kappa shape index (κ2) is 11.1. The fraction of sp³-hybridized carbons (Fsp3) is 0.444. The second-order valence-electron chi connectivity index (χ2n) is 4.51. The summed E-state index contributed by atoms with van der Waals surface area (Å²) in [6.07, 6.45) is 5.08.